The second-order valence-electron chi connectivity index (χ2n) is 8.07. The highest BCUT2D eigenvalue weighted by Crippen LogP contribution is 2.27. The number of hydrogen-bond acceptors (Lipinski definition) is 6. The van der Waals surface area contributed by atoms with Crippen LogP contribution in [0.3, 0.4) is 0 Å². The number of ether oxygens (including phenoxy) is 3. The molecule has 34 heavy (non-hydrogen) atoms. The summed E-state index contributed by atoms with van der Waals surface area (Å²) in [6, 6.07) is 14.1. The molecule has 2 amide bonds. The zero-order valence-corrected chi connectivity index (χ0v) is 19.6. The fourth-order valence-corrected chi connectivity index (χ4v) is 3.77. The van der Waals surface area contributed by atoms with E-state index in [1.54, 1.807) is 25.3 Å². The predicted octanol–water partition coefficient (Wildman–Crippen LogP) is 1.79. The van der Waals surface area contributed by atoms with Crippen molar-refractivity contribution in [3.05, 3.63) is 59.7 Å². The molecule has 182 valence electrons. The molecular formula is C25H32N4O5. The second-order valence-corrected chi connectivity index (χ2v) is 8.07. The molecule has 1 saturated heterocycles. The van der Waals surface area contributed by atoms with E-state index in [1.807, 2.05) is 30.3 Å². The highest BCUT2D eigenvalue weighted by Gasteiger charge is 2.24. The SMILES string of the molecule is COc1ccc(CC(=O)NC(=N)N[C@H](Cc2ccccc2)C(=O)NC2CCOCC2)cc1OC. The van der Waals surface area contributed by atoms with E-state index in [2.05, 4.69) is 16.0 Å². The highest BCUT2D eigenvalue weighted by atomic mass is 16.5. The molecule has 0 radical (unpaired) electrons. The lowest BCUT2D eigenvalue weighted by molar-refractivity contribution is -0.124. The minimum atomic E-state index is -0.709. The molecule has 1 aliphatic rings. The topological polar surface area (TPSA) is 122 Å². The summed E-state index contributed by atoms with van der Waals surface area (Å²) < 4.78 is 15.8. The van der Waals surface area contributed by atoms with Gasteiger partial charge in [0.15, 0.2) is 17.5 Å². The summed E-state index contributed by atoms with van der Waals surface area (Å²) in [5.74, 6) is 0.269. The molecule has 0 aliphatic carbocycles. The second kappa shape index (κ2) is 12.6. The monoisotopic (exact) mass is 468 g/mol. The molecule has 0 saturated carbocycles. The van der Waals surface area contributed by atoms with Crippen LogP contribution in [0.5, 0.6) is 11.5 Å². The van der Waals surface area contributed by atoms with Crippen molar-refractivity contribution < 1.29 is 23.8 Å². The van der Waals surface area contributed by atoms with Gasteiger partial charge in [0.2, 0.25) is 11.8 Å². The van der Waals surface area contributed by atoms with Crippen molar-refractivity contribution in [1.82, 2.24) is 16.0 Å². The van der Waals surface area contributed by atoms with Crippen molar-refractivity contribution in [3.8, 4) is 11.5 Å². The van der Waals surface area contributed by atoms with Crippen molar-refractivity contribution in [3.63, 3.8) is 0 Å². The predicted molar refractivity (Wildman–Crippen MR) is 128 cm³/mol. The van der Waals surface area contributed by atoms with Crippen LogP contribution in [-0.4, -0.2) is 57.3 Å². The van der Waals surface area contributed by atoms with E-state index in [9.17, 15) is 9.59 Å². The summed E-state index contributed by atoms with van der Waals surface area (Å²) in [5, 5.41) is 16.7. The molecule has 1 aliphatic heterocycles. The number of rotatable bonds is 9. The van der Waals surface area contributed by atoms with E-state index in [0.29, 0.717) is 36.7 Å². The first kappa shape index (κ1) is 25.0. The van der Waals surface area contributed by atoms with Gasteiger partial charge in [-0.1, -0.05) is 36.4 Å². The minimum absolute atomic E-state index is 0.0372. The van der Waals surface area contributed by atoms with Crippen molar-refractivity contribution in [1.29, 1.82) is 5.41 Å². The summed E-state index contributed by atoms with van der Waals surface area (Å²) in [4.78, 5) is 25.5. The Morgan fingerprint density at radius 1 is 1.03 bits per heavy atom. The highest BCUT2D eigenvalue weighted by molar-refractivity contribution is 5.98. The van der Waals surface area contributed by atoms with Gasteiger partial charge >= 0.3 is 0 Å². The van der Waals surface area contributed by atoms with Gasteiger partial charge in [-0.25, -0.2) is 0 Å². The maximum absolute atomic E-state index is 13.0. The number of carbonyl (C=O) groups excluding carboxylic acids is 2. The van der Waals surface area contributed by atoms with Crippen LogP contribution in [0.2, 0.25) is 0 Å². The molecule has 0 spiro atoms. The largest absolute Gasteiger partial charge is 0.493 e. The summed E-state index contributed by atoms with van der Waals surface area (Å²) in [6.07, 6.45) is 1.93. The van der Waals surface area contributed by atoms with Crippen molar-refractivity contribution >= 4 is 17.8 Å². The fourth-order valence-electron chi connectivity index (χ4n) is 3.77. The minimum Gasteiger partial charge on any atom is -0.493 e. The zero-order valence-electron chi connectivity index (χ0n) is 19.6. The first-order valence-corrected chi connectivity index (χ1v) is 11.3. The molecule has 0 aromatic heterocycles. The molecule has 1 atom stereocenters. The van der Waals surface area contributed by atoms with E-state index < -0.39 is 6.04 Å². The standard InChI is InChI=1S/C25H32N4O5/c1-32-21-9-8-18(15-22(21)33-2)16-23(30)29-25(26)28-20(14-17-6-4-3-5-7-17)24(31)27-19-10-12-34-13-11-19/h3-9,15,19-20H,10-14,16H2,1-2H3,(H,27,31)(H3,26,28,29,30)/t20-/m1/s1. The van der Waals surface area contributed by atoms with Crippen LogP contribution in [0.15, 0.2) is 48.5 Å². The van der Waals surface area contributed by atoms with Crippen LogP contribution in [0, 0.1) is 5.41 Å². The number of guanidine groups is 1. The van der Waals surface area contributed by atoms with E-state index in [4.69, 9.17) is 19.6 Å². The van der Waals surface area contributed by atoms with Gasteiger partial charge in [0.05, 0.1) is 20.6 Å². The van der Waals surface area contributed by atoms with Gasteiger partial charge in [0, 0.05) is 25.7 Å². The molecule has 0 bridgehead atoms. The van der Waals surface area contributed by atoms with Crippen LogP contribution in [0.4, 0.5) is 0 Å². The third kappa shape index (κ3) is 7.48. The van der Waals surface area contributed by atoms with Crippen LogP contribution < -0.4 is 25.4 Å². The Hall–Kier alpha value is -3.59. The quantitative estimate of drug-likeness (QED) is 0.329. The molecule has 1 heterocycles. The van der Waals surface area contributed by atoms with Gasteiger partial charge in [-0.05, 0) is 36.1 Å². The Bertz CT molecular complexity index is 977. The first-order chi connectivity index (χ1) is 16.5. The van der Waals surface area contributed by atoms with Gasteiger partial charge in [-0.15, -0.1) is 0 Å². The van der Waals surface area contributed by atoms with Crippen molar-refractivity contribution in [2.75, 3.05) is 27.4 Å². The average Bonchev–Trinajstić information content (AvgIpc) is 2.84. The van der Waals surface area contributed by atoms with E-state index in [0.717, 1.165) is 18.4 Å². The maximum atomic E-state index is 13.0. The maximum Gasteiger partial charge on any atom is 0.243 e. The Kier molecular flexibility index (Phi) is 9.28. The average molecular weight is 469 g/mol. The van der Waals surface area contributed by atoms with Gasteiger partial charge < -0.3 is 24.8 Å². The summed E-state index contributed by atoms with van der Waals surface area (Å²) >= 11 is 0. The number of benzene rings is 2. The van der Waals surface area contributed by atoms with Gasteiger partial charge in [0.1, 0.15) is 6.04 Å². The lowest BCUT2D eigenvalue weighted by Gasteiger charge is -2.26. The molecule has 3 rings (SSSR count). The molecular weight excluding hydrogens is 436 g/mol. The van der Waals surface area contributed by atoms with Crippen molar-refractivity contribution in [2.45, 2.75) is 37.8 Å². The van der Waals surface area contributed by atoms with E-state index >= 15 is 0 Å². The molecule has 2 aromatic carbocycles. The van der Waals surface area contributed by atoms with Crippen LogP contribution in [0.25, 0.3) is 0 Å². The first-order valence-electron chi connectivity index (χ1n) is 11.3. The van der Waals surface area contributed by atoms with E-state index in [1.165, 1.54) is 7.11 Å². The number of hydrogen-bond donors (Lipinski definition) is 4. The van der Waals surface area contributed by atoms with Crippen LogP contribution in [-0.2, 0) is 27.2 Å². The normalized spacial score (nSPS) is 14.5. The number of carbonyl (C=O) groups is 2. The smallest absolute Gasteiger partial charge is 0.243 e. The number of nitrogens with one attached hydrogen (secondary N) is 4. The van der Waals surface area contributed by atoms with Crippen LogP contribution in [0.1, 0.15) is 24.0 Å². The van der Waals surface area contributed by atoms with E-state index in [-0.39, 0.29) is 30.2 Å². The fraction of sp³-hybridized carbons (Fsp3) is 0.400. The Morgan fingerprint density at radius 2 is 1.74 bits per heavy atom. The molecule has 2 aromatic rings. The summed E-state index contributed by atoms with van der Waals surface area (Å²) in [6.45, 7) is 1.23. The molecule has 1 fully saturated rings. The Labute approximate surface area is 199 Å². The lowest BCUT2D eigenvalue weighted by Crippen LogP contribution is -2.54. The third-order valence-corrected chi connectivity index (χ3v) is 5.56. The number of methoxy groups -OCH3 is 2. The third-order valence-electron chi connectivity index (χ3n) is 5.56. The molecule has 4 N–H and O–H groups in total. The Morgan fingerprint density at radius 3 is 2.41 bits per heavy atom. The molecule has 9 heteroatoms. The van der Waals surface area contributed by atoms with Gasteiger partial charge in [0.25, 0.3) is 0 Å². The zero-order chi connectivity index (χ0) is 24.3. The van der Waals surface area contributed by atoms with Crippen LogP contribution >= 0.6 is 0 Å². The number of amides is 2. The Balaban J connectivity index is 1.60. The molecule has 9 nitrogen and oxygen atoms in total. The summed E-state index contributed by atoms with van der Waals surface area (Å²) in [7, 11) is 3.07. The van der Waals surface area contributed by atoms with Gasteiger partial charge in [-0.3, -0.25) is 20.3 Å². The van der Waals surface area contributed by atoms with Crippen molar-refractivity contribution in [2.24, 2.45) is 0 Å². The molecule has 0 unspecified atom stereocenters. The summed E-state index contributed by atoms with van der Waals surface area (Å²) in [5.41, 5.74) is 1.66. The lowest BCUT2D eigenvalue weighted by atomic mass is 10.0. The van der Waals surface area contributed by atoms with Gasteiger partial charge in [-0.2, -0.15) is 0 Å².